The highest BCUT2D eigenvalue weighted by atomic mass is 16.2. The molecule has 2 rings (SSSR count). The van der Waals surface area contributed by atoms with Crippen LogP contribution in [0, 0.1) is 0 Å². The van der Waals surface area contributed by atoms with Crippen molar-refractivity contribution in [1.82, 2.24) is 0 Å². The third kappa shape index (κ3) is 3.12. The Hall–Kier alpha value is -1.88. The summed E-state index contributed by atoms with van der Waals surface area (Å²) in [5.74, 6) is 0.0384. The summed E-state index contributed by atoms with van der Waals surface area (Å²) in [6, 6.07) is 5.46. The van der Waals surface area contributed by atoms with E-state index in [0.717, 1.165) is 23.4 Å². The molecular weight excluding hydrogens is 242 g/mol. The van der Waals surface area contributed by atoms with Crippen LogP contribution in [0.1, 0.15) is 25.3 Å². The van der Waals surface area contributed by atoms with Crippen molar-refractivity contribution in [2.24, 2.45) is 5.73 Å². The van der Waals surface area contributed by atoms with Crippen molar-refractivity contribution < 1.29 is 9.59 Å². The highest BCUT2D eigenvalue weighted by Gasteiger charge is 2.20. The van der Waals surface area contributed by atoms with Crippen molar-refractivity contribution in [3.63, 3.8) is 0 Å². The second-order valence-electron chi connectivity index (χ2n) is 5.03. The van der Waals surface area contributed by atoms with Crippen LogP contribution in [0.2, 0.25) is 0 Å². The molecule has 1 aromatic rings. The Balaban J connectivity index is 2.13. The Morgan fingerprint density at radius 1 is 1.47 bits per heavy atom. The number of hydrogen-bond acceptors (Lipinski definition) is 3. The maximum absolute atomic E-state index is 11.7. The molecule has 1 aromatic carbocycles. The first-order valence-electron chi connectivity index (χ1n) is 6.42. The molecule has 0 aromatic heterocycles. The molecule has 102 valence electrons. The molecule has 1 heterocycles. The number of rotatable bonds is 3. The maximum Gasteiger partial charge on any atom is 0.227 e. The van der Waals surface area contributed by atoms with E-state index in [0.29, 0.717) is 12.8 Å². The SMILES string of the molecule is CC(N)CC(=O)Nc1ccc2c(c1)CCC(=O)N2C. The van der Waals surface area contributed by atoms with Crippen molar-refractivity contribution in [3.8, 4) is 0 Å². The predicted molar refractivity (Wildman–Crippen MR) is 75.1 cm³/mol. The number of nitrogens with one attached hydrogen (secondary N) is 1. The molecule has 1 atom stereocenters. The van der Waals surface area contributed by atoms with Crippen LogP contribution in [-0.2, 0) is 16.0 Å². The lowest BCUT2D eigenvalue weighted by molar-refractivity contribution is -0.118. The van der Waals surface area contributed by atoms with E-state index in [1.807, 2.05) is 18.2 Å². The van der Waals surface area contributed by atoms with Crippen LogP contribution in [0.15, 0.2) is 18.2 Å². The number of aryl methyl sites for hydroxylation is 1. The summed E-state index contributed by atoms with van der Waals surface area (Å²) >= 11 is 0. The minimum absolute atomic E-state index is 0.0878. The summed E-state index contributed by atoms with van der Waals surface area (Å²) in [5.41, 5.74) is 8.34. The third-order valence-corrected chi connectivity index (χ3v) is 3.21. The van der Waals surface area contributed by atoms with E-state index in [9.17, 15) is 9.59 Å². The number of carbonyl (C=O) groups is 2. The van der Waals surface area contributed by atoms with E-state index >= 15 is 0 Å². The van der Waals surface area contributed by atoms with Gasteiger partial charge in [0.25, 0.3) is 0 Å². The quantitative estimate of drug-likeness (QED) is 0.860. The summed E-state index contributed by atoms with van der Waals surface area (Å²) in [4.78, 5) is 24.9. The van der Waals surface area contributed by atoms with Crippen LogP contribution >= 0.6 is 0 Å². The molecule has 0 saturated carbocycles. The molecule has 0 fully saturated rings. The highest BCUT2D eigenvalue weighted by molar-refractivity contribution is 5.97. The molecule has 19 heavy (non-hydrogen) atoms. The summed E-state index contributed by atoms with van der Waals surface area (Å²) in [6.45, 7) is 1.80. The zero-order valence-corrected chi connectivity index (χ0v) is 11.3. The van der Waals surface area contributed by atoms with Gasteiger partial charge in [-0.1, -0.05) is 0 Å². The van der Waals surface area contributed by atoms with Crippen molar-refractivity contribution in [3.05, 3.63) is 23.8 Å². The van der Waals surface area contributed by atoms with E-state index in [2.05, 4.69) is 5.32 Å². The number of benzene rings is 1. The number of nitrogens with two attached hydrogens (primary N) is 1. The molecule has 0 spiro atoms. The normalized spacial score (nSPS) is 15.9. The highest BCUT2D eigenvalue weighted by Crippen LogP contribution is 2.29. The van der Waals surface area contributed by atoms with E-state index in [-0.39, 0.29) is 17.9 Å². The van der Waals surface area contributed by atoms with E-state index in [4.69, 9.17) is 5.73 Å². The number of nitrogens with zero attached hydrogens (tertiary/aromatic N) is 1. The van der Waals surface area contributed by atoms with Gasteiger partial charge in [0, 0.05) is 37.3 Å². The Bertz CT molecular complexity index is 511. The predicted octanol–water partition coefficient (Wildman–Crippen LogP) is 1.27. The summed E-state index contributed by atoms with van der Waals surface area (Å²) in [6.07, 6.45) is 1.53. The smallest absolute Gasteiger partial charge is 0.227 e. The summed E-state index contributed by atoms with van der Waals surface area (Å²) in [5, 5.41) is 2.83. The molecule has 0 radical (unpaired) electrons. The lowest BCUT2D eigenvalue weighted by atomic mass is 10.0. The summed E-state index contributed by atoms with van der Waals surface area (Å²) < 4.78 is 0. The number of anilines is 2. The van der Waals surface area contributed by atoms with Crippen LogP contribution in [0.4, 0.5) is 11.4 Å². The number of hydrogen-bond donors (Lipinski definition) is 2. The zero-order valence-electron chi connectivity index (χ0n) is 11.3. The fourth-order valence-electron chi connectivity index (χ4n) is 2.24. The second kappa shape index (κ2) is 5.40. The van der Waals surface area contributed by atoms with Gasteiger partial charge >= 0.3 is 0 Å². The first-order chi connectivity index (χ1) is 8.97. The maximum atomic E-state index is 11.7. The average molecular weight is 261 g/mol. The van der Waals surface area contributed by atoms with Gasteiger partial charge in [-0.2, -0.15) is 0 Å². The van der Waals surface area contributed by atoms with Crippen LogP contribution in [0.3, 0.4) is 0 Å². The van der Waals surface area contributed by atoms with Gasteiger partial charge in [-0.15, -0.1) is 0 Å². The fourth-order valence-corrected chi connectivity index (χ4v) is 2.24. The second-order valence-corrected chi connectivity index (χ2v) is 5.03. The standard InChI is InChI=1S/C14H19N3O2/c1-9(15)7-13(18)16-11-4-5-12-10(8-11)3-6-14(19)17(12)2/h4-5,8-9H,3,6-7,15H2,1-2H3,(H,16,18). The van der Waals surface area contributed by atoms with E-state index < -0.39 is 0 Å². The first-order valence-corrected chi connectivity index (χ1v) is 6.42. The van der Waals surface area contributed by atoms with Crippen molar-refractivity contribution >= 4 is 23.2 Å². The van der Waals surface area contributed by atoms with Crippen LogP contribution in [-0.4, -0.2) is 24.9 Å². The number of fused-ring (bicyclic) bond motifs is 1. The molecular formula is C14H19N3O2. The minimum atomic E-state index is -0.151. The van der Waals surface area contributed by atoms with E-state index in [1.165, 1.54) is 0 Å². The minimum Gasteiger partial charge on any atom is -0.327 e. The largest absolute Gasteiger partial charge is 0.327 e. The Morgan fingerprint density at radius 3 is 2.89 bits per heavy atom. The van der Waals surface area contributed by atoms with Crippen molar-refractivity contribution in [2.75, 3.05) is 17.3 Å². The van der Waals surface area contributed by atoms with Gasteiger partial charge in [-0.3, -0.25) is 9.59 Å². The van der Waals surface area contributed by atoms with Crippen LogP contribution < -0.4 is 16.0 Å². The average Bonchev–Trinajstić information content (AvgIpc) is 2.33. The summed E-state index contributed by atoms with van der Waals surface area (Å²) in [7, 11) is 1.77. The molecule has 1 unspecified atom stereocenters. The van der Waals surface area contributed by atoms with Gasteiger partial charge in [0.05, 0.1) is 0 Å². The fraction of sp³-hybridized carbons (Fsp3) is 0.429. The molecule has 0 bridgehead atoms. The Morgan fingerprint density at radius 2 is 2.21 bits per heavy atom. The Kier molecular flexibility index (Phi) is 3.85. The molecule has 2 amide bonds. The van der Waals surface area contributed by atoms with Gasteiger partial charge in [-0.05, 0) is 37.1 Å². The molecule has 5 nitrogen and oxygen atoms in total. The monoisotopic (exact) mass is 261 g/mol. The topological polar surface area (TPSA) is 75.4 Å². The molecule has 3 N–H and O–H groups in total. The zero-order chi connectivity index (χ0) is 14.0. The van der Waals surface area contributed by atoms with E-state index in [1.54, 1.807) is 18.9 Å². The van der Waals surface area contributed by atoms with Gasteiger partial charge in [0.1, 0.15) is 0 Å². The van der Waals surface area contributed by atoms with Crippen molar-refractivity contribution in [2.45, 2.75) is 32.2 Å². The molecule has 5 heteroatoms. The van der Waals surface area contributed by atoms with Crippen LogP contribution in [0.25, 0.3) is 0 Å². The molecule has 1 aliphatic rings. The number of carbonyl (C=O) groups excluding carboxylic acids is 2. The molecule has 1 aliphatic heterocycles. The van der Waals surface area contributed by atoms with Gasteiger partial charge in [0.2, 0.25) is 11.8 Å². The molecule has 0 saturated heterocycles. The van der Waals surface area contributed by atoms with Crippen molar-refractivity contribution in [1.29, 1.82) is 0 Å². The lowest BCUT2D eigenvalue weighted by Crippen LogP contribution is -2.31. The third-order valence-electron chi connectivity index (χ3n) is 3.21. The molecule has 0 aliphatic carbocycles. The first kappa shape index (κ1) is 13.5. The van der Waals surface area contributed by atoms with Crippen LogP contribution in [0.5, 0.6) is 0 Å². The Labute approximate surface area is 112 Å². The van der Waals surface area contributed by atoms with Gasteiger partial charge in [-0.25, -0.2) is 0 Å². The number of amides is 2. The lowest BCUT2D eigenvalue weighted by Gasteiger charge is -2.26. The van der Waals surface area contributed by atoms with Gasteiger partial charge in [0.15, 0.2) is 0 Å². The van der Waals surface area contributed by atoms with Gasteiger partial charge < -0.3 is 16.0 Å².